The lowest BCUT2D eigenvalue weighted by Crippen LogP contribution is -1.99. The average molecular weight is 524 g/mol. The van der Waals surface area contributed by atoms with Gasteiger partial charge in [-0.1, -0.05) is 45.7 Å². The molecular weight excluding hydrogens is 506 g/mol. The maximum atomic E-state index is 6.16. The summed E-state index contributed by atoms with van der Waals surface area (Å²) in [5, 5.41) is 0.699. The predicted molar refractivity (Wildman–Crippen MR) is 123 cm³/mol. The van der Waals surface area contributed by atoms with Crippen LogP contribution in [0.15, 0.2) is 68.5 Å². The second-order valence-electron chi connectivity index (χ2n) is 6.09. The number of halogens is 3. The van der Waals surface area contributed by atoms with Gasteiger partial charge in [-0.2, -0.15) is 0 Å². The lowest BCUT2D eigenvalue weighted by molar-refractivity contribution is 0.282. The summed E-state index contributed by atoms with van der Waals surface area (Å²) >= 11 is 13.2. The molecule has 28 heavy (non-hydrogen) atoms. The summed E-state index contributed by atoms with van der Waals surface area (Å²) < 4.78 is 13.3. The average Bonchev–Trinajstić information content (AvgIpc) is 2.69. The fraction of sp³-hybridized carbons (Fsp3) is 0.136. The molecule has 0 unspecified atom stereocenters. The van der Waals surface area contributed by atoms with Crippen molar-refractivity contribution in [1.29, 1.82) is 0 Å². The molecule has 0 saturated carbocycles. The van der Waals surface area contributed by atoms with Crippen molar-refractivity contribution in [2.45, 2.75) is 13.5 Å². The monoisotopic (exact) mass is 521 g/mol. The molecule has 0 bridgehead atoms. The number of methoxy groups -OCH3 is 1. The molecule has 3 aromatic carbocycles. The van der Waals surface area contributed by atoms with Crippen molar-refractivity contribution in [1.82, 2.24) is 0 Å². The Morgan fingerprint density at radius 1 is 1.07 bits per heavy atom. The van der Waals surface area contributed by atoms with Gasteiger partial charge in [-0.05, 0) is 75.9 Å². The fourth-order valence-corrected chi connectivity index (χ4v) is 3.58. The number of rotatable bonds is 6. The van der Waals surface area contributed by atoms with Crippen LogP contribution in [0.25, 0.3) is 0 Å². The van der Waals surface area contributed by atoms with Gasteiger partial charge in [-0.25, -0.2) is 0 Å². The molecule has 0 aliphatic carbocycles. The van der Waals surface area contributed by atoms with Crippen LogP contribution in [0, 0.1) is 6.92 Å². The Kier molecular flexibility index (Phi) is 7.16. The number of aliphatic imine (C=N–C) groups is 1. The first-order valence-electron chi connectivity index (χ1n) is 8.52. The summed E-state index contributed by atoms with van der Waals surface area (Å²) in [6.07, 6.45) is 1.78. The van der Waals surface area contributed by atoms with Gasteiger partial charge in [-0.3, -0.25) is 4.99 Å². The van der Waals surface area contributed by atoms with E-state index in [2.05, 4.69) is 36.9 Å². The van der Waals surface area contributed by atoms with Crippen molar-refractivity contribution in [2.75, 3.05) is 7.11 Å². The third kappa shape index (κ3) is 5.16. The smallest absolute Gasteiger partial charge is 0.175 e. The molecule has 0 spiro atoms. The third-order valence-electron chi connectivity index (χ3n) is 4.14. The van der Waals surface area contributed by atoms with E-state index in [1.54, 1.807) is 13.3 Å². The third-order valence-corrected chi connectivity index (χ3v) is 5.67. The zero-order valence-corrected chi connectivity index (χ0v) is 19.3. The highest BCUT2D eigenvalue weighted by Crippen LogP contribution is 2.37. The molecule has 3 aromatic rings. The van der Waals surface area contributed by atoms with Crippen LogP contribution in [-0.4, -0.2) is 13.3 Å². The standard InChI is InChI=1S/C22H18Br2ClNO2/c1-14-19(25)4-3-5-20(14)26-12-16-10-18(24)22(21(11-16)27-2)28-13-15-6-8-17(23)9-7-15/h3-12H,13H2,1-2H3. The lowest BCUT2D eigenvalue weighted by atomic mass is 10.2. The second kappa shape index (κ2) is 9.59. The van der Waals surface area contributed by atoms with Crippen molar-refractivity contribution in [3.8, 4) is 11.5 Å². The molecule has 3 nitrogen and oxygen atoms in total. The molecule has 144 valence electrons. The van der Waals surface area contributed by atoms with E-state index in [1.807, 2.05) is 61.5 Å². The van der Waals surface area contributed by atoms with E-state index < -0.39 is 0 Å². The minimum atomic E-state index is 0.442. The number of benzene rings is 3. The van der Waals surface area contributed by atoms with Crippen LogP contribution in [0.2, 0.25) is 5.02 Å². The Morgan fingerprint density at radius 2 is 1.82 bits per heavy atom. The molecule has 0 aliphatic rings. The Labute approximate surface area is 186 Å². The lowest BCUT2D eigenvalue weighted by Gasteiger charge is -2.13. The molecule has 0 aromatic heterocycles. The van der Waals surface area contributed by atoms with Crippen molar-refractivity contribution in [3.63, 3.8) is 0 Å². The van der Waals surface area contributed by atoms with Crippen molar-refractivity contribution in [2.24, 2.45) is 4.99 Å². The van der Waals surface area contributed by atoms with Gasteiger partial charge in [0.05, 0.1) is 17.3 Å². The minimum absolute atomic E-state index is 0.442. The maximum Gasteiger partial charge on any atom is 0.175 e. The molecular formula is C22H18Br2ClNO2. The molecule has 0 atom stereocenters. The fourth-order valence-electron chi connectivity index (χ4n) is 2.57. The van der Waals surface area contributed by atoms with Crippen LogP contribution in [0.5, 0.6) is 11.5 Å². The molecule has 0 amide bonds. The SMILES string of the molecule is COc1cc(C=Nc2cccc(Cl)c2C)cc(Br)c1OCc1ccc(Br)cc1. The van der Waals surface area contributed by atoms with Crippen LogP contribution in [0.3, 0.4) is 0 Å². The van der Waals surface area contributed by atoms with Crippen LogP contribution < -0.4 is 9.47 Å². The highest BCUT2D eigenvalue weighted by molar-refractivity contribution is 9.10. The molecule has 0 aliphatic heterocycles. The van der Waals surface area contributed by atoms with E-state index in [0.29, 0.717) is 23.1 Å². The van der Waals surface area contributed by atoms with E-state index in [-0.39, 0.29) is 0 Å². The first kappa shape index (κ1) is 20.9. The van der Waals surface area contributed by atoms with Gasteiger partial charge < -0.3 is 9.47 Å². The first-order chi connectivity index (χ1) is 13.5. The molecule has 0 radical (unpaired) electrons. The van der Waals surface area contributed by atoms with Gasteiger partial charge in [0.25, 0.3) is 0 Å². The molecule has 0 fully saturated rings. The van der Waals surface area contributed by atoms with Crippen LogP contribution in [0.1, 0.15) is 16.7 Å². The summed E-state index contributed by atoms with van der Waals surface area (Å²) in [5.41, 5.74) is 3.73. The van der Waals surface area contributed by atoms with Gasteiger partial charge >= 0.3 is 0 Å². The number of hydrogen-bond acceptors (Lipinski definition) is 3. The zero-order valence-electron chi connectivity index (χ0n) is 15.4. The largest absolute Gasteiger partial charge is 0.493 e. The Balaban J connectivity index is 1.81. The van der Waals surface area contributed by atoms with E-state index in [4.69, 9.17) is 21.1 Å². The highest BCUT2D eigenvalue weighted by Gasteiger charge is 2.12. The zero-order chi connectivity index (χ0) is 20.1. The topological polar surface area (TPSA) is 30.8 Å². The van der Waals surface area contributed by atoms with E-state index >= 15 is 0 Å². The Bertz CT molecular complexity index is 1000. The minimum Gasteiger partial charge on any atom is -0.493 e. The number of ether oxygens (including phenoxy) is 2. The molecule has 6 heteroatoms. The second-order valence-corrected chi connectivity index (χ2v) is 8.27. The van der Waals surface area contributed by atoms with Crippen molar-refractivity contribution < 1.29 is 9.47 Å². The summed E-state index contributed by atoms with van der Waals surface area (Å²) in [6.45, 7) is 2.39. The van der Waals surface area contributed by atoms with Crippen molar-refractivity contribution >= 4 is 55.4 Å². The van der Waals surface area contributed by atoms with Gasteiger partial charge in [0.1, 0.15) is 6.61 Å². The van der Waals surface area contributed by atoms with Crippen LogP contribution in [-0.2, 0) is 6.61 Å². The van der Waals surface area contributed by atoms with Gasteiger partial charge in [0, 0.05) is 15.7 Å². The quantitative estimate of drug-likeness (QED) is 0.313. The predicted octanol–water partition coefficient (Wildman–Crippen LogP) is 7.51. The van der Waals surface area contributed by atoms with Crippen LogP contribution >= 0.6 is 43.5 Å². The summed E-state index contributed by atoms with van der Waals surface area (Å²) in [5.74, 6) is 1.29. The number of nitrogens with zero attached hydrogens (tertiary/aromatic N) is 1. The van der Waals surface area contributed by atoms with Crippen LogP contribution in [0.4, 0.5) is 5.69 Å². The van der Waals surface area contributed by atoms with Gasteiger partial charge in [-0.15, -0.1) is 0 Å². The Hall–Kier alpha value is -1.82. The first-order valence-corrected chi connectivity index (χ1v) is 10.5. The highest BCUT2D eigenvalue weighted by atomic mass is 79.9. The van der Waals surface area contributed by atoms with Gasteiger partial charge in [0.2, 0.25) is 0 Å². The maximum absolute atomic E-state index is 6.16. The summed E-state index contributed by atoms with van der Waals surface area (Å²) in [7, 11) is 1.62. The molecule has 0 N–H and O–H groups in total. The molecule has 3 rings (SSSR count). The Morgan fingerprint density at radius 3 is 2.54 bits per heavy atom. The van der Waals surface area contributed by atoms with Crippen molar-refractivity contribution in [3.05, 3.63) is 85.3 Å². The van der Waals surface area contributed by atoms with E-state index in [0.717, 1.165) is 31.3 Å². The normalized spacial score (nSPS) is 11.0. The van der Waals surface area contributed by atoms with Gasteiger partial charge in [0.15, 0.2) is 11.5 Å². The molecule has 0 heterocycles. The van der Waals surface area contributed by atoms with E-state index in [9.17, 15) is 0 Å². The summed E-state index contributed by atoms with van der Waals surface area (Å²) in [6, 6.07) is 17.5. The molecule has 0 saturated heterocycles. The van der Waals surface area contributed by atoms with E-state index in [1.165, 1.54) is 0 Å². The number of hydrogen-bond donors (Lipinski definition) is 0. The summed E-state index contributed by atoms with van der Waals surface area (Å²) in [4.78, 5) is 4.55.